The average molecular weight is 119 g/mol. The largest absolute Gasteiger partial charge is 0.380 e. The molecule has 0 fully saturated rings. The Morgan fingerprint density at radius 3 is 2.57 bits per heavy atom. The maximum atomic E-state index is 8.54. The molecule has 0 aliphatic rings. The number of rotatable bonds is 2. The van der Waals surface area contributed by atoms with Crippen molar-refractivity contribution in [1.29, 1.82) is 0 Å². The molecule has 2 heteroatoms. The van der Waals surface area contributed by atoms with Gasteiger partial charge in [-0.1, -0.05) is 5.92 Å². The molecule has 0 aliphatic carbocycles. The molecule has 0 heterocycles. The summed E-state index contributed by atoms with van der Waals surface area (Å²) in [5, 5.41) is 8.54. The topological polar surface area (TPSA) is 20.2 Å². The van der Waals surface area contributed by atoms with E-state index in [0.29, 0.717) is 12.3 Å². The Hall–Kier alpha value is -0.190. The Kier molecular flexibility index (Phi) is 3.87. The quantitative estimate of drug-likeness (QED) is 0.416. The van der Waals surface area contributed by atoms with Crippen LogP contribution in [0.4, 0.5) is 0 Å². The zero-order valence-corrected chi connectivity index (χ0v) is 4.65. The summed E-state index contributed by atoms with van der Waals surface area (Å²) in [6.07, 6.45) is 4.63. The van der Waals surface area contributed by atoms with Gasteiger partial charge in [0.2, 0.25) is 0 Å². The van der Waals surface area contributed by atoms with Gasteiger partial charge in [-0.3, -0.25) is 0 Å². The summed E-state index contributed by atoms with van der Waals surface area (Å²) >= 11 is 5.22. The fraction of sp³-hybridized carbons (Fsp3) is 0.600. The van der Waals surface area contributed by atoms with Crippen LogP contribution in [0.1, 0.15) is 6.42 Å². The molecule has 0 saturated heterocycles. The van der Waals surface area contributed by atoms with Crippen LogP contribution in [0.25, 0.3) is 0 Å². The summed E-state index contributed by atoms with van der Waals surface area (Å²) in [7, 11) is 0. The van der Waals surface area contributed by atoms with Crippen LogP contribution in [0.5, 0.6) is 0 Å². The summed E-state index contributed by atoms with van der Waals surface area (Å²) in [4.78, 5) is 0. The van der Waals surface area contributed by atoms with Gasteiger partial charge in [-0.05, 0) is 6.42 Å². The number of aliphatic hydroxyl groups excluding tert-OH is 1. The number of hydrogen-bond acceptors (Lipinski definition) is 1. The van der Waals surface area contributed by atoms with E-state index in [2.05, 4.69) is 5.92 Å². The predicted octanol–water partition coefficient (Wildman–Crippen LogP) is 0.609. The molecule has 1 nitrogen and oxygen atoms in total. The highest BCUT2D eigenvalue weighted by atomic mass is 35.5. The zero-order chi connectivity index (χ0) is 5.70. The maximum absolute atomic E-state index is 8.54. The van der Waals surface area contributed by atoms with Gasteiger partial charge in [-0.2, -0.15) is 0 Å². The average Bonchev–Trinajstić information content (AvgIpc) is 1.68. The fourth-order valence-corrected chi connectivity index (χ4v) is 0.393. The van der Waals surface area contributed by atoms with Crippen LogP contribution in [-0.2, 0) is 0 Å². The third-order valence-electron chi connectivity index (χ3n) is 0.575. The van der Waals surface area contributed by atoms with Crippen LogP contribution >= 0.6 is 11.6 Å². The number of hydrogen-bond donors (Lipinski definition) is 1. The van der Waals surface area contributed by atoms with Gasteiger partial charge in [0.25, 0.3) is 0 Å². The molecule has 0 aliphatic heterocycles. The molecule has 0 amide bonds. The van der Waals surface area contributed by atoms with E-state index in [-0.39, 0.29) is 0 Å². The molecule has 0 radical (unpaired) electrons. The van der Waals surface area contributed by atoms with E-state index < -0.39 is 6.10 Å². The van der Waals surface area contributed by atoms with Crippen molar-refractivity contribution in [2.45, 2.75) is 12.5 Å². The molecule has 40 valence electrons. The van der Waals surface area contributed by atoms with E-state index in [1.807, 2.05) is 0 Å². The first-order valence-electron chi connectivity index (χ1n) is 2.01. The monoisotopic (exact) mass is 118 g/mol. The normalized spacial score (nSPS) is 12.7. The van der Waals surface area contributed by atoms with Crippen LogP contribution in [0, 0.1) is 12.3 Å². The molecule has 1 unspecified atom stereocenters. The number of alkyl halides is 1. The minimum absolute atomic E-state index is 0.422. The highest BCUT2D eigenvalue weighted by molar-refractivity contribution is 6.17. The number of terminal acetylenes is 1. The molecule has 0 spiro atoms. The lowest BCUT2D eigenvalue weighted by Gasteiger charge is -1.94. The molecule has 0 aromatic rings. The first-order chi connectivity index (χ1) is 3.31. The molecule has 0 aromatic heterocycles. The Bertz CT molecular complexity index is 74.6. The van der Waals surface area contributed by atoms with Crippen LogP contribution in [0.3, 0.4) is 0 Å². The van der Waals surface area contributed by atoms with E-state index in [9.17, 15) is 0 Å². The second-order valence-electron chi connectivity index (χ2n) is 1.16. The number of halogens is 1. The molecule has 7 heavy (non-hydrogen) atoms. The van der Waals surface area contributed by atoms with Crippen molar-refractivity contribution in [2.75, 3.05) is 5.88 Å². The first kappa shape index (κ1) is 6.81. The van der Waals surface area contributed by atoms with Gasteiger partial charge in [-0.15, -0.1) is 18.0 Å². The van der Waals surface area contributed by atoms with Crippen LogP contribution in [0.2, 0.25) is 0 Å². The summed E-state index contributed by atoms with van der Waals surface area (Å²) in [6.45, 7) is 0. The van der Waals surface area contributed by atoms with Crippen molar-refractivity contribution in [3.05, 3.63) is 0 Å². The predicted molar refractivity (Wildman–Crippen MR) is 30.2 cm³/mol. The van der Waals surface area contributed by atoms with Crippen LogP contribution < -0.4 is 0 Å². The van der Waals surface area contributed by atoms with Crippen molar-refractivity contribution in [2.24, 2.45) is 0 Å². The zero-order valence-electron chi connectivity index (χ0n) is 3.89. The van der Waals surface area contributed by atoms with Crippen molar-refractivity contribution in [3.63, 3.8) is 0 Å². The van der Waals surface area contributed by atoms with Crippen LogP contribution in [0.15, 0.2) is 0 Å². The third kappa shape index (κ3) is 3.65. The summed E-state index contributed by atoms with van der Waals surface area (Å²) in [5.41, 5.74) is 0. The molecule has 0 aromatic carbocycles. The first-order valence-corrected chi connectivity index (χ1v) is 2.55. The van der Waals surface area contributed by atoms with Gasteiger partial charge in [0, 0.05) is 5.88 Å². The van der Waals surface area contributed by atoms with Gasteiger partial charge in [-0.25, -0.2) is 0 Å². The fourth-order valence-electron chi connectivity index (χ4n) is 0.187. The Balaban J connectivity index is 3.04. The van der Waals surface area contributed by atoms with E-state index >= 15 is 0 Å². The summed E-state index contributed by atoms with van der Waals surface area (Å²) < 4.78 is 0. The van der Waals surface area contributed by atoms with Gasteiger partial charge in [0.15, 0.2) is 0 Å². The van der Waals surface area contributed by atoms with E-state index in [0.717, 1.165) is 0 Å². The molecule has 1 atom stereocenters. The Labute approximate surface area is 48.3 Å². The second kappa shape index (κ2) is 3.98. The molecular formula is C5H7ClO. The van der Waals surface area contributed by atoms with Gasteiger partial charge < -0.3 is 5.11 Å². The Morgan fingerprint density at radius 1 is 1.86 bits per heavy atom. The number of aliphatic hydroxyl groups is 1. The molecule has 0 rings (SSSR count). The SMILES string of the molecule is C#CC(O)CCCl. The van der Waals surface area contributed by atoms with Gasteiger partial charge in [0.1, 0.15) is 6.10 Å². The van der Waals surface area contributed by atoms with Crippen molar-refractivity contribution in [3.8, 4) is 12.3 Å². The summed E-state index contributed by atoms with van der Waals surface area (Å²) in [6, 6.07) is 0. The van der Waals surface area contributed by atoms with Crippen molar-refractivity contribution in [1.82, 2.24) is 0 Å². The highest BCUT2D eigenvalue weighted by Gasteiger charge is 1.92. The van der Waals surface area contributed by atoms with Crippen molar-refractivity contribution >= 4 is 11.6 Å². The smallest absolute Gasteiger partial charge is 0.115 e. The second-order valence-corrected chi connectivity index (χ2v) is 1.54. The van der Waals surface area contributed by atoms with Crippen LogP contribution in [-0.4, -0.2) is 17.1 Å². The summed E-state index contributed by atoms with van der Waals surface area (Å²) in [5.74, 6) is 2.56. The third-order valence-corrected chi connectivity index (χ3v) is 0.793. The molecule has 0 bridgehead atoms. The molecule has 1 N–H and O–H groups in total. The van der Waals surface area contributed by atoms with E-state index in [1.165, 1.54) is 0 Å². The lowest BCUT2D eigenvalue weighted by Crippen LogP contribution is -2.01. The minimum atomic E-state index is -0.655. The maximum Gasteiger partial charge on any atom is 0.115 e. The van der Waals surface area contributed by atoms with Gasteiger partial charge in [0.05, 0.1) is 0 Å². The molecule has 0 saturated carbocycles. The highest BCUT2D eigenvalue weighted by Crippen LogP contribution is 1.89. The standard InChI is InChI=1S/C5H7ClO/c1-2-5(7)3-4-6/h1,5,7H,3-4H2. The lowest BCUT2D eigenvalue weighted by molar-refractivity contribution is 0.229. The van der Waals surface area contributed by atoms with E-state index in [4.69, 9.17) is 23.1 Å². The molecular weight excluding hydrogens is 112 g/mol. The van der Waals surface area contributed by atoms with Crippen molar-refractivity contribution < 1.29 is 5.11 Å². The van der Waals surface area contributed by atoms with Gasteiger partial charge >= 0.3 is 0 Å². The van der Waals surface area contributed by atoms with E-state index in [1.54, 1.807) is 0 Å². The Morgan fingerprint density at radius 2 is 2.43 bits per heavy atom. The lowest BCUT2D eigenvalue weighted by atomic mass is 10.3. The minimum Gasteiger partial charge on any atom is -0.380 e.